The Morgan fingerprint density at radius 3 is 2.47 bits per heavy atom. The summed E-state index contributed by atoms with van der Waals surface area (Å²) in [5, 5.41) is 11.4. The molecule has 1 amide bonds. The van der Waals surface area contributed by atoms with Crippen LogP contribution in [0.3, 0.4) is 0 Å². The van der Waals surface area contributed by atoms with Crippen LogP contribution in [0.2, 0.25) is 0 Å². The molecule has 1 aromatic heterocycles. The van der Waals surface area contributed by atoms with Crippen LogP contribution in [0.25, 0.3) is 0 Å². The number of amides is 1. The second-order valence-electron chi connectivity index (χ2n) is 4.67. The molecule has 2 atom stereocenters. The lowest BCUT2D eigenvalue weighted by molar-refractivity contribution is -0.135. The Bertz CT molecular complexity index is 346. The van der Waals surface area contributed by atoms with Crippen LogP contribution in [-0.4, -0.2) is 34.6 Å². The maximum atomic E-state index is 12.3. The summed E-state index contributed by atoms with van der Waals surface area (Å²) in [4.78, 5) is 15.2. The largest absolute Gasteiger partial charge is 0.392 e. The first-order chi connectivity index (χ1) is 7.93. The van der Waals surface area contributed by atoms with Gasteiger partial charge in [-0.15, -0.1) is 11.3 Å². The minimum Gasteiger partial charge on any atom is -0.392 e. The molecule has 0 aliphatic heterocycles. The third-order valence-corrected chi connectivity index (χ3v) is 3.76. The van der Waals surface area contributed by atoms with Gasteiger partial charge in [-0.25, -0.2) is 0 Å². The second-order valence-corrected chi connectivity index (χ2v) is 5.65. The van der Waals surface area contributed by atoms with Crippen molar-refractivity contribution >= 4 is 17.2 Å². The van der Waals surface area contributed by atoms with Crippen molar-refractivity contribution in [2.24, 2.45) is 0 Å². The van der Waals surface area contributed by atoms with Gasteiger partial charge in [0, 0.05) is 17.5 Å². The Labute approximate surface area is 107 Å². The Morgan fingerprint density at radius 2 is 2.06 bits per heavy atom. The van der Waals surface area contributed by atoms with Crippen LogP contribution in [0.5, 0.6) is 0 Å². The average molecular weight is 255 g/mol. The number of carbonyl (C=O) groups is 1. The fourth-order valence-electron chi connectivity index (χ4n) is 1.75. The first kappa shape index (κ1) is 14.2. The van der Waals surface area contributed by atoms with E-state index in [2.05, 4.69) is 0 Å². The summed E-state index contributed by atoms with van der Waals surface area (Å²) in [6.45, 7) is 7.97. The average Bonchev–Trinajstić information content (AvgIpc) is 2.76. The van der Waals surface area contributed by atoms with Gasteiger partial charge in [0.2, 0.25) is 5.91 Å². The molecule has 0 fully saturated rings. The number of carbonyl (C=O) groups excluding carboxylic acids is 1. The smallest absolute Gasteiger partial charge is 0.230 e. The predicted octanol–water partition coefficient (Wildman–Crippen LogP) is 2.47. The van der Waals surface area contributed by atoms with Crippen molar-refractivity contribution in [1.29, 1.82) is 0 Å². The molecule has 1 aromatic rings. The van der Waals surface area contributed by atoms with Gasteiger partial charge in [0.1, 0.15) is 0 Å². The first-order valence-corrected chi connectivity index (χ1v) is 6.83. The number of hydrogen-bond acceptors (Lipinski definition) is 3. The summed E-state index contributed by atoms with van der Waals surface area (Å²) >= 11 is 1.60. The Morgan fingerprint density at radius 1 is 1.41 bits per heavy atom. The number of aliphatic hydroxyl groups excluding tert-OH is 1. The van der Waals surface area contributed by atoms with Gasteiger partial charge in [-0.1, -0.05) is 6.07 Å². The minimum absolute atomic E-state index is 0.0864. The van der Waals surface area contributed by atoms with Crippen LogP contribution >= 0.6 is 11.3 Å². The fourth-order valence-corrected chi connectivity index (χ4v) is 2.52. The van der Waals surface area contributed by atoms with Gasteiger partial charge in [0.15, 0.2) is 0 Å². The highest BCUT2D eigenvalue weighted by Gasteiger charge is 2.25. The number of nitrogens with zero attached hydrogens (tertiary/aromatic N) is 1. The highest BCUT2D eigenvalue weighted by molar-refractivity contribution is 7.10. The maximum Gasteiger partial charge on any atom is 0.230 e. The van der Waals surface area contributed by atoms with Crippen molar-refractivity contribution in [3.63, 3.8) is 0 Å². The third-order valence-electron chi connectivity index (χ3n) is 2.71. The predicted molar refractivity (Wildman–Crippen MR) is 71.3 cm³/mol. The summed E-state index contributed by atoms with van der Waals surface area (Å²) in [7, 11) is 0. The van der Waals surface area contributed by atoms with E-state index in [1.54, 1.807) is 23.2 Å². The number of hydrogen-bond donors (Lipinski definition) is 1. The molecule has 0 saturated carbocycles. The van der Waals surface area contributed by atoms with E-state index in [1.807, 2.05) is 38.3 Å². The molecule has 1 rings (SSSR count). The van der Waals surface area contributed by atoms with Crippen molar-refractivity contribution < 1.29 is 9.90 Å². The molecular formula is C13H21NO2S. The Balaban J connectivity index is 2.77. The highest BCUT2D eigenvalue weighted by atomic mass is 32.1. The topological polar surface area (TPSA) is 40.5 Å². The molecule has 0 aromatic carbocycles. The molecule has 0 saturated heterocycles. The van der Waals surface area contributed by atoms with Crippen LogP contribution in [0.15, 0.2) is 17.5 Å². The van der Waals surface area contributed by atoms with Gasteiger partial charge >= 0.3 is 0 Å². The van der Waals surface area contributed by atoms with Gasteiger partial charge < -0.3 is 10.0 Å². The zero-order chi connectivity index (χ0) is 13.0. The minimum atomic E-state index is -0.489. The molecule has 0 bridgehead atoms. The molecule has 0 spiro atoms. The zero-order valence-electron chi connectivity index (χ0n) is 10.9. The summed E-state index contributed by atoms with van der Waals surface area (Å²) in [5.74, 6) is -0.0421. The van der Waals surface area contributed by atoms with E-state index in [1.165, 1.54) is 0 Å². The summed E-state index contributed by atoms with van der Waals surface area (Å²) in [5.41, 5.74) is 0. The first-order valence-electron chi connectivity index (χ1n) is 5.95. The molecular weight excluding hydrogens is 234 g/mol. The SMILES string of the molecule is CC(C)N(C[C@H](C)O)C(=O)[C@H](C)c1cccs1. The van der Waals surface area contributed by atoms with E-state index in [9.17, 15) is 9.90 Å². The van der Waals surface area contributed by atoms with Gasteiger partial charge in [0.25, 0.3) is 0 Å². The molecule has 0 aliphatic carbocycles. The van der Waals surface area contributed by atoms with E-state index in [4.69, 9.17) is 0 Å². The van der Waals surface area contributed by atoms with Crippen molar-refractivity contribution in [1.82, 2.24) is 4.90 Å². The van der Waals surface area contributed by atoms with Crippen LogP contribution in [0.1, 0.15) is 38.5 Å². The Hall–Kier alpha value is -0.870. The van der Waals surface area contributed by atoms with Crippen LogP contribution in [0.4, 0.5) is 0 Å². The molecule has 1 heterocycles. The van der Waals surface area contributed by atoms with Crippen LogP contribution in [-0.2, 0) is 4.79 Å². The van der Waals surface area contributed by atoms with Crippen LogP contribution < -0.4 is 0 Å². The summed E-state index contributed by atoms with van der Waals surface area (Å²) in [6, 6.07) is 4.05. The lowest BCUT2D eigenvalue weighted by Crippen LogP contribution is -2.43. The van der Waals surface area contributed by atoms with E-state index in [-0.39, 0.29) is 17.9 Å². The monoisotopic (exact) mass is 255 g/mol. The van der Waals surface area contributed by atoms with E-state index < -0.39 is 6.10 Å². The molecule has 0 unspecified atom stereocenters. The van der Waals surface area contributed by atoms with Crippen LogP contribution in [0, 0.1) is 0 Å². The van der Waals surface area contributed by atoms with E-state index >= 15 is 0 Å². The van der Waals surface area contributed by atoms with E-state index in [0.29, 0.717) is 6.54 Å². The quantitative estimate of drug-likeness (QED) is 0.878. The lowest BCUT2D eigenvalue weighted by Gasteiger charge is -2.30. The molecule has 0 radical (unpaired) electrons. The lowest BCUT2D eigenvalue weighted by atomic mass is 10.1. The normalized spacial score (nSPS) is 14.7. The maximum absolute atomic E-state index is 12.3. The summed E-state index contributed by atoms with van der Waals surface area (Å²) < 4.78 is 0. The molecule has 17 heavy (non-hydrogen) atoms. The fraction of sp³-hybridized carbons (Fsp3) is 0.615. The van der Waals surface area contributed by atoms with Gasteiger partial charge in [-0.05, 0) is 39.1 Å². The third kappa shape index (κ3) is 3.82. The molecule has 3 nitrogen and oxygen atoms in total. The highest BCUT2D eigenvalue weighted by Crippen LogP contribution is 2.23. The van der Waals surface area contributed by atoms with Crippen molar-refractivity contribution in [3.05, 3.63) is 22.4 Å². The second kappa shape index (κ2) is 6.17. The summed E-state index contributed by atoms with van der Waals surface area (Å²) in [6.07, 6.45) is -0.489. The molecule has 96 valence electrons. The van der Waals surface area contributed by atoms with Gasteiger partial charge in [-0.3, -0.25) is 4.79 Å². The number of rotatable bonds is 5. The number of aliphatic hydroxyl groups is 1. The van der Waals surface area contributed by atoms with Crippen molar-refractivity contribution in [2.45, 2.75) is 45.8 Å². The molecule has 4 heteroatoms. The zero-order valence-corrected chi connectivity index (χ0v) is 11.7. The molecule has 0 aliphatic rings. The van der Waals surface area contributed by atoms with Crippen molar-refractivity contribution in [2.75, 3.05) is 6.54 Å². The van der Waals surface area contributed by atoms with Crippen molar-refractivity contribution in [3.8, 4) is 0 Å². The Kier molecular flexibility index (Phi) is 5.15. The van der Waals surface area contributed by atoms with Gasteiger partial charge in [0.05, 0.1) is 12.0 Å². The standard InChI is InChI=1S/C13H21NO2S/c1-9(2)14(8-10(3)15)13(16)11(4)12-6-5-7-17-12/h5-7,9-11,15H,8H2,1-4H3/t10-,11+/m0/s1. The van der Waals surface area contributed by atoms with E-state index in [0.717, 1.165) is 4.88 Å². The number of thiophene rings is 1. The van der Waals surface area contributed by atoms with Gasteiger partial charge in [-0.2, -0.15) is 0 Å². The molecule has 1 N–H and O–H groups in total.